The maximum atomic E-state index is 6.37. The second-order valence-electron chi connectivity index (χ2n) is 5.44. The van der Waals surface area contributed by atoms with Gasteiger partial charge in [0.2, 0.25) is 0 Å². The molecule has 21 heavy (non-hydrogen) atoms. The summed E-state index contributed by atoms with van der Waals surface area (Å²) in [7, 11) is 0. The van der Waals surface area contributed by atoms with Crippen LogP contribution in [0.2, 0.25) is 5.02 Å². The molecule has 0 bridgehead atoms. The number of benzene rings is 1. The van der Waals surface area contributed by atoms with Gasteiger partial charge in [-0.25, -0.2) is 0 Å². The third kappa shape index (κ3) is 3.25. The van der Waals surface area contributed by atoms with Crippen LogP contribution in [0.1, 0.15) is 43.6 Å². The SMILES string of the molecule is C[C@H](N)c1ccc(Sc2nnc3n2CCCCC3)c(Cl)c1. The van der Waals surface area contributed by atoms with Crippen LogP contribution in [0, 0.1) is 0 Å². The van der Waals surface area contributed by atoms with Gasteiger partial charge in [0.1, 0.15) is 5.82 Å². The van der Waals surface area contributed by atoms with Gasteiger partial charge in [-0.05, 0) is 49.2 Å². The summed E-state index contributed by atoms with van der Waals surface area (Å²) >= 11 is 7.95. The van der Waals surface area contributed by atoms with E-state index in [-0.39, 0.29) is 6.04 Å². The van der Waals surface area contributed by atoms with E-state index in [0.717, 1.165) is 39.4 Å². The van der Waals surface area contributed by atoms with Crippen molar-refractivity contribution in [2.24, 2.45) is 5.73 Å². The van der Waals surface area contributed by atoms with Gasteiger partial charge in [0.25, 0.3) is 0 Å². The van der Waals surface area contributed by atoms with Crippen LogP contribution in [0.25, 0.3) is 0 Å². The van der Waals surface area contributed by atoms with Crippen molar-refractivity contribution in [1.29, 1.82) is 0 Å². The van der Waals surface area contributed by atoms with Gasteiger partial charge >= 0.3 is 0 Å². The lowest BCUT2D eigenvalue weighted by Crippen LogP contribution is -2.04. The smallest absolute Gasteiger partial charge is 0.196 e. The minimum absolute atomic E-state index is 0.00841. The Morgan fingerprint density at radius 2 is 2.14 bits per heavy atom. The third-order valence-corrected chi connectivity index (χ3v) is 5.24. The standard InChI is InChI=1S/C15H19ClN4S/c1-10(17)11-6-7-13(12(16)9-11)21-15-19-18-14-5-3-2-4-8-20(14)15/h6-7,9-10H,2-5,8,17H2,1H3/t10-/m0/s1. The number of nitrogens with two attached hydrogens (primary N) is 1. The first-order valence-corrected chi connectivity index (χ1v) is 8.49. The molecule has 1 aromatic carbocycles. The number of aryl methyl sites for hydroxylation is 1. The van der Waals surface area contributed by atoms with Gasteiger partial charge in [-0.1, -0.05) is 24.1 Å². The summed E-state index contributed by atoms with van der Waals surface area (Å²) in [5, 5.41) is 10.3. The summed E-state index contributed by atoms with van der Waals surface area (Å²) in [6.07, 6.45) is 4.67. The molecule has 0 saturated carbocycles. The Balaban J connectivity index is 1.85. The van der Waals surface area contributed by atoms with E-state index >= 15 is 0 Å². The molecule has 112 valence electrons. The Kier molecular flexibility index (Phi) is 4.52. The molecule has 2 N–H and O–H groups in total. The number of nitrogens with zero attached hydrogens (tertiary/aromatic N) is 3. The molecule has 1 aromatic heterocycles. The van der Waals surface area contributed by atoms with Crippen LogP contribution in [0.4, 0.5) is 0 Å². The number of aromatic nitrogens is 3. The fourth-order valence-corrected chi connectivity index (χ4v) is 3.70. The molecule has 1 atom stereocenters. The molecule has 3 rings (SSSR count). The van der Waals surface area contributed by atoms with E-state index in [1.165, 1.54) is 19.3 Å². The lowest BCUT2D eigenvalue weighted by Gasteiger charge is -2.10. The highest BCUT2D eigenvalue weighted by Gasteiger charge is 2.16. The van der Waals surface area contributed by atoms with Crippen molar-refractivity contribution in [2.45, 2.75) is 55.2 Å². The molecule has 0 spiro atoms. The van der Waals surface area contributed by atoms with E-state index in [1.54, 1.807) is 11.8 Å². The average molecular weight is 323 g/mol. The van der Waals surface area contributed by atoms with Crippen LogP contribution in [0.5, 0.6) is 0 Å². The fourth-order valence-electron chi connectivity index (χ4n) is 2.52. The Morgan fingerprint density at radius 3 is 2.90 bits per heavy atom. The lowest BCUT2D eigenvalue weighted by atomic mass is 10.1. The molecule has 6 heteroatoms. The molecule has 0 saturated heterocycles. The maximum absolute atomic E-state index is 6.37. The average Bonchev–Trinajstić information content (AvgIpc) is 2.69. The van der Waals surface area contributed by atoms with Crippen molar-refractivity contribution in [3.8, 4) is 0 Å². The minimum atomic E-state index is -0.00841. The maximum Gasteiger partial charge on any atom is 0.196 e. The molecule has 0 radical (unpaired) electrons. The Hall–Kier alpha value is -1.04. The summed E-state index contributed by atoms with van der Waals surface area (Å²) < 4.78 is 2.23. The topological polar surface area (TPSA) is 56.7 Å². The van der Waals surface area contributed by atoms with Crippen molar-refractivity contribution in [3.63, 3.8) is 0 Å². The molecule has 0 aliphatic carbocycles. The normalized spacial score (nSPS) is 16.3. The molecule has 1 aliphatic rings. The molecule has 2 heterocycles. The Labute approximate surface area is 134 Å². The number of halogens is 1. The van der Waals surface area contributed by atoms with E-state index < -0.39 is 0 Å². The van der Waals surface area contributed by atoms with Gasteiger partial charge in [-0.2, -0.15) is 0 Å². The Morgan fingerprint density at radius 1 is 1.29 bits per heavy atom. The minimum Gasteiger partial charge on any atom is -0.324 e. The van der Waals surface area contributed by atoms with Crippen LogP contribution in [0.15, 0.2) is 28.3 Å². The van der Waals surface area contributed by atoms with Gasteiger partial charge in [0, 0.05) is 23.9 Å². The first-order valence-electron chi connectivity index (χ1n) is 7.30. The van der Waals surface area contributed by atoms with Crippen molar-refractivity contribution >= 4 is 23.4 Å². The van der Waals surface area contributed by atoms with Gasteiger partial charge in [-0.15, -0.1) is 10.2 Å². The second-order valence-corrected chi connectivity index (χ2v) is 6.86. The number of fused-ring (bicyclic) bond motifs is 1. The molecular formula is C15H19ClN4S. The van der Waals surface area contributed by atoms with Crippen molar-refractivity contribution in [2.75, 3.05) is 0 Å². The molecule has 4 nitrogen and oxygen atoms in total. The Bertz CT molecular complexity index is 639. The first kappa shape index (κ1) is 14.9. The summed E-state index contributed by atoms with van der Waals surface area (Å²) in [6.45, 7) is 2.96. The monoisotopic (exact) mass is 322 g/mol. The quantitative estimate of drug-likeness (QED) is 0.933. The molecule has 0 amide bonds. The summed E-state index contributed by atoms with van der Waals surface area (Å²) in [6, 6.07) is 5.97. The predicted octanol–water partition coefficient (Wildman–Crippen LogP) is 3.83. The van der Waals surface area contributed by atoms with Gasteiger partial charge in [0.05, 0.1) is 5.02 Å². The van der Waals surface area contributed by atoms with E-state index in [1.807, 2.05) is 25.1 Å². The van der Waals surface area contributed by atoms with E-state index in [0.29, 0.717) is 0 Å². The summed E-state index contributed by atoms with van der Waals surface area (Å²) in [5.41, 5.74) is 6.93. The first-order chi connectivity index (χ1) is 10.1. The summed E-state index contributed by atoms with van der Waals surface area (Å²) in [4.78, 5) is 1.00. The van der Waals surface area contributed by atoms with Crippen molar-refractivity contribution < 1.29 is 0 Å². The zero-order valence-corrected chi connectivity index (χ0v) is 13.6. The second kappa shape index (κ2) is 6.38. The van der Waals surface area contributed by atoms with Crippen LogP contribution in [-0.2, 0) is 13.0 Å². The number of rotatable bonds is 3. The van der Waals surface area contributed by atoms with Gasteiger partial charge in [0.15, 0.2) is 5.16 Å². The van der Waals surface area contributed by atoms with Crippen molar-refractivity contribution in [3.05, 3.63) is 34.6 Å². The summed E-state index contributed by atoms with van der Waals surface area (Å²) in [5.74, 6) is 1.10. The molecule has 2 aromatic rings. The van der Waals surface area contributed by atoms with Gasteiger partial charge < -0.3 is 10.3 Å². The zero-order chi connectivity index (χ0) is 14.8. The van der Waals surface area contributed by atoms with Crippen molar-refractivity contribution in [1.82, 2.24) is 14.8 Å². The highest BCUT2D eigenvalue weighted by atomic mass is 35.5. The zero-order valence-electron chi connectivity index (χ0n) is 12.1. The molecule has 0 unspecified atom stereocenters. The lowest BCUT2D eigenvalue weighted by molar-refractivity contribution is 0.591. The number of hydrogen-bond donors (Lipinski definition) is 1. The number of hydrogen-bond acceptors (Lipinski definition) is 4. The van der Waals surface area contributed by atoms with Crippen LogP contribution < -0.4 is 5.73 Å². The predicted molar refractivity (Wildman–Crippen MR) is 85.8 cm³/mol. The highest BCUT2D eigenvalue weighted by molar-refractivity contribution is 7.99. The highest BCUT2D eigenvalue weighted by Crippen LogP contribution is 2.34. The molecular weight excluding hydrogens is 304 g/mol. The molecule has 1 aliphatic heterocycles. The van der Waals surface area contributed by atoms with E-state index in [2.05, 4.69) is 14.8 Å². The molecule has 0 fully saturated rings. The fraction of sp³-hybridized carbons (Fsp3) is 0.467. The third-order valence-electron chi connectivity index (χ3n) is 3.76. The van der Waals surface area contributed by atoms with Crippen LogP contribution >= 0.6 is 23.4 Å². The van der Waals surface area contributed by atoms with Crippen LogP contribution in [-0.4, -0.2) is 14.8 Å². The van der Waals surface area contributed by atoms with Gasteiger partial charge in [-0.3, -0.25) is 0 Å². The van der Waals surface area contributed by atoms with Crippen LogP contribution in [0.3, 0.4) is 0 Å². The van der Waals surface area contributed by atoms with E-state index in [4.69, 9.17) is 17.3 Å². The van der Waals surface area contributed by atoms with E-state index in [9.17, 15) is 0 Å². The largest absolute Gasteiger partial charge is 0.324 e.